The maximum Gasteiger partial charge on any atom is 0.364 e. The zero-order chi connectivity index (χ0) is 99.7. The summed E-state index contributed by atoms with van der Waals surface area (Å²) in [4.78, 5) is 68.5. The summed E-state index contributed by atoms with van der Waals surface area (Å²) in [5, 5.41) is 212. The number of carboxylic acids is 1. The monoisotopic (exact) mass is 1960 g/mol. The van der Waals surface area contributed by atoms with Crippen LogP contribution in [0.25, 0.3) is 0 Å². The van der Waals surface area contributed by atoms with Crippen molar-refractivity contribution in [3.05, 3.63) is 12.2 Å². The highest BCUT2D eigenvalue weighted by Gasteiger charge is 2.63. The van der Waals surface area contributed by atoms with E-state index < -0.39 is 272 Å². The topological polar surface area (TPSA) is 606 Å². The van der Waals surface area contributed by atoms with Gasteiger partial charge in [0.05, 0.1) is 63.9 Å². The second kappa shape index (κ2) is 66.8. The van der Waals surface area contributed by atoms with Crippen molar-refractivity contribution in [3.63, 3.8) is 0 Å². The first-order valence-electron chi connectivity index (χ1n) is 51.4. The maximum absolute atomic E-state index is 14.3. The van der Waals surface area contributed by atoms with Crippen LogP contribution in [0.15, 0.2) is 12.2 Å². The second-order valence-electron chi connectivity index (χ2n) is 38.2. The molecular formula is C97H175N3O36. The Morgan fingerprint density at radius 3 is 1.21 bits per heavy atom. The molecule has 0 bridgehead atoms. The molecule has 33 atom stereocenters. The van der Waals surface area contributed by atoms with Crippen LogP contribution in [-0.2, 0) is 85.6 Å². The van der Waals surface area contributed by atoms with Crippen LogP contribution in [-0.4, -0.2) is 363 Å². The first kappa shape index (κ1) is 121. The van der Waals surface area contributed by atoms with Crippen LogP contribution in [0.4, 0.5) is 0 Å². The van der Waals surface area contributed by atoms with Gasteiger partial charge < -0.3 is 169 Å². The van der Waals surface area contributed by atoms with Crippen molar-refractivity contribution in [2.75, 3.05) is 39.6 Å². The molecule has 39 heteroatoms. The van der Waals surface area contributed by atoms with Crippen LogP contribution >= 0.6 is 0 Å². The van der Waals surface area contributed by atoms with Gasteiger partial charge in [-0.3, -0.25) is 19.2 Å². The molecule has 0 radical (unpaired) electrons. The average molecular weight is 1960 g/mol. The number of aliphatic hydroxyl groups excluding tert-OH is 17. The van der Waals surface area contributed by atoms with Crippen LogP contribution in [0.3, 0.4) is 0 Å². The zero-order valence-corrected chi connectivity index (χ0v) is 81.6. The SMILES string of the molecule is CCCCCCCCCCCCC/C=C/C(OC(=O)CCCCCCCCCCCCCCCCC)C(CO[C@@H]1O[C@H](CO)[C@@H](O[C@@H]2O[C@H](CO)[C@H](O[C@@H]3O[C@H](CO)[C@H](O[C@@H]4O[C@H](CO)[C@H](O[C@@H]5O[C@@H](C)[C@@H](O)[C@@H](O)[C@@H]5O)[C@H](O)[C@H]4O)[C@H](O)[C@H]3NC(C)=O)[C@H](O[C@@]3(C(=O)O)C[C@@H](O)[C@H](NC(C)=O)C([C@@H](O)[C@H](O)CO)O3)[C@H]2O)[C@H](O)[C@H]1O)NC(=O)CCCCCCCCCCCCCCCCC. The Balaban J connectivity index is 1.28. The molecule has 0 aromatic rings. The number of carbonyl (C=O) groups excluding carboxylic acids is 4. The van der Waals surface area contributed by atoms with Crippen LogP contribution in [0.2, 0.25) is 0 Å². The molecule has 0 aliphatic carbocycles. The first-order valence-corrected chi connectivity index (χ1v) is 51.4. The molecule has 136 heavy (non-hydrogen) atoms. The van der Waals surface area contributed by atoms with Crippen LogP contribution in [0.1, 0.15) is 330 Å². The van der Waals surface area contributed by atoms with E-state index in [0.717, 1.165) is 110 Å². The quantitative estimate of drug-likeness (QED) is 0.0224. The summed E-state index contributed by atoms with van der Waals surface area (Å²) >= 11 is 0. The Labute approximate surface area is 803 Å². The Bertz CT molecular complexity index is 3240. The highest BCUT2D eigenvalue weighted by atomic mass is 16.8. The lowest BCUT2D eigenvalue weighted by Crippen LogP contribution is -2.72. The third-order valence-corrected chi connectivity index (χ3v) is 26.9. The van der Waals surface area contributed by atoms with Gasteiger partial charge in [-0.05, 0) is 38.7 Å². The van der Waals surface area contributed by atoms with Crippen molar-refractivity contribution in [1.29, 1.82) is 0 Å². The van der Waals surface area contributed by atoms with Crippen LogP contribution < -0.4 is 16.0 Å². The van der Waals surface area contributed by atoms with Crippen molar-refractivity contribution in [2.45, 2.75) is 532 Å². The molecule has 0 aromatic heterocycles. The molecule has 6 rings (SSSR count). The fourth-order valence-corrected chi connectivity index (χ4v) is 18.7. The number of hydrogen-bond acceptors (Lipinski definition) is 35. The number of carboxylic acid groups (broad SMARTS) is 1. The molecule has 0 aromatic carbocycles. The summed E-state index contributed by atoms with van der Waals surface area (Å²) in [6, 6.07) is -4.95. The number of esters is 1. The van der Waals surface area contributed by atoms with Crippen molar-refractivity contribution < 1.29 is 177 Å². The average Bonchev–Trinajstić information content (AvgIpc) is 0.743. The largest absolute Gasteiger partial charge is 0.477 e. The lowest BCUT2D eigenvalue weighted by Gasteiger charge is -2.52. The van der Waals surface area contributed by atoms with E-state index in [1.54, 1.807) is 6.08 Å². The number of hydrogen-bond donors (Lipinski definition) is 21. The number of amides is 3. The van der Waals surface area contributed by atoms with Crippen molar-refractivity contribution in [3.8, 4) is 0 Å². The lowest BCUT2D eigenvalue weighted by molar-refractivity contribution is -0.404. The highest BCUT2D eigenvalue weighted by molar-refractivity contribution is 5.77. The molecule has 6 aliphatic rings. The molecule has 6 aliphatic heterocycles. The summed E-state index contributed by atoms with van der Waals surface area (Å²) in [7, 11) is 0. The van der Waals surface area contributed by atoms with Gasteiger partial charge in [0.25, 0.3) is 5.79 Å². The van der Waals surface area contributed by atoms with Gasteiger partial charge in [0.1, 0.15) is 140 Å². The molecule has 0 spiro atoms. The predicted octanol–water partition coefficient (Wildman–Crippen LogP) is 4.62. The van der Waals surface area contributed by atoms with E-state index >= 15 is 0 Å². The second-order valence-corrected chi connectivity index (χ2v) is 38.2. The smallest absolute Gasteiger partial charge is 0.364 e. The van der Waals surface area contributed by atoms with Crippen LogP contribution in [0, 0.1) is 0 Å². The fraction of sp³-hybridized carbons (Fsp3) is 0.928. The standard InChI is InChI=1S/C97H175N3O36/c1-7-10-13-16-19-22-25-28-30-33-36-39-42-45-48-51-71(110)100-63(66(50-47-44-41-38-35-32-27-24-21-18-15-12-9-3)126-72(111)52-49-46-43-40-37-34-31-29-26-23-20-17-14-11-8-2)59-124-92-82(119)79(116)86(68(56-103)128-92)133-95-84(121)90(136-97(96(122)123)53-64(108)73(98-61(5)106)89(135-97)76(113)65(109)54-101)88(70(58-105)130-95)134-91-74(99-62(6)107)77(114)85(67(55-102)127-91)131-94-83(120)80(117)87(69(57-104)129-94)132-93-81(118)78(115)75(112)60(4)125-93/h47,50,60,63-70,73-95,101-105,108-109,112-121H,7-46,48-49,51-59H2,1-6H3,(H,98,106)(H,99,107)(H,100,110)(H,122,123)/b50-47+/t60-,63?,64+,65+,66?,67+,68+,69+,70+,73-,74+,75+,76-,77+,78+,79+,80+,81-,82+,83+,84+,85-,86+,87-,88-,89?,90+,91-,92+,93-,94-,95-,97+/m0/s1. The summed E-state index contributed by atoms with van der Waals surface area (Å²) < 4.78 is 79.2. The number of aliphatic hydroxyl groups is 17. The molecule has 794 valence electrons. The zero-order valence-electron chi connectivity index (χ0n) is 81.6. The van der Waals surface area contributed by atoms with Gasteiger partial charge in [-0.15, -0.1) is 0 Å². The van der Waals surface area contributed by atoms with Crippen LogP contribution in [0.5, 0.6) is 0 Å². The summed E-state index contributed by atoms with van der Waals surface area (Å²) in [5.41, 5.74) is 0. The van der Waals surface area contributed by atoms with E-state index in [4.69, 9.17) is 61.6 Å². The van der Waals surface area contributed by atoms with E-state index in [1.165, 1.54) is 161 Å². The van der Waals surface area contributed by atoms with Gasteiger partial charge in [-0.2, -0.15) is 0 Å². The third kappa shape index (κ3) is 39.8. The minimum Gasteiger partial charge on any atom is -0.477 e. The lowest BCUT2D eigenvalue weighted by atomic mass is 9.88. The van der Waals surface area contributed by atoms with Gasteiger partial charge in [-0.25, -0.2) is 4.79 Å². The molecule has 21 N–H and O–H groups in total. The van der Waals surface area contributed by atoms with Crippen molar-refractivity contribution in [2.24, 2.45) is 0 Å². The van der Waals surface area contributed by atoms with E-state index in [0.29, 0.717) is 19.3 Å². The van der Waals surface area contributed by atoms with Gasteiger partial charge in [-0.1, -0.05) is 271 Å². The molecule has 6 fully saturated rings. The number of carbonyl (C=O) groups is 5. The molecule has 3 amide bonds. The van der Waals surface area contributed by atoms with Crippen molar-refractivity contribution in [1.82, 2.24) is 16.0 Å². The number of nitrogens with one attached hydrogen (secondary N) is 3. The number of rotatable bonds is 71. The van der Waals surface area contributed by atoms with Gasteiger partial charge in [0.15, 0.2) is 31.5 Å². The first-order chi connectivity index (χ1) is 65.4. The number of aliphatic carboxylic acids is 1. The molecule has 0 saturated carbocycles. The maximum atomic E-state index is 14.3. The summed E-state index contributed by atoms with van der Waals surface area (Å²) in [6.45, 7) is 3.61. The molecule has 39 nitrogen and oxygen atoms in total. The third-order valence-electron chi connectivity index (χ3n) is 26.9. The Morgan fingerprint density at radius 2 is 0.779 bits per heavy atom. The Morgan fingerprint density at radius 1 is 0.412 bits per heavy atom. The summed E-state index contributed by atoms with van der Waals surface area (Å²) in [5.74, 6) is -8.35. The Hall–Kier alpha value is -4.07. The molecular weight excluding hydrogens is 1780 g/mol. The number of unbranched alkanes of at least 4 members (excludes halogenated alkanes) is 39. The molecule has 6 saturated heterocycles. The van der Waals surface area contributed by atoms with E-state index in [9.17, 15) is 116 Å². The minimum absolute atomic E-state index is 0.0793. The predicted molar refractivity (Wildman–Crippen MR) is 493 cm³/mol. The number of allylic oxidation sites excluding steroid dienone is 1. The normalized spacial score (nSPS) is 33.1. The minimum atomic E-state index is -3.43. The van der Waals surface area contributed by atoms with E-state index in [-0.39, 0.29) is 18.7 Å². The molecule has 6 heterocycles. The van der Waals surface area contributed by atoms with Gasteiger partial charge >= 0.3 is 11.9 Å². The van der Waals surface area contributed by atoms with Gasteiger partial charge in [0, 0.05) is 33.1 Å². The fourth-order valence-electron chi connectivity index (χ4n) is 18.7. The van der Waals surface area contributed by atoms with E-state index in [2.05, 4.69) is 36.7 Å². The number of ether oxygens (including phenoxy) is 13. The summed E-state index contributed by atoms with van der Waals surface area (Å²) in [6.07, 6.45) is -9.41. The highest BCUT2D eigenvalue weighted by Crippen LogP contribution is 2.42. The Kier molecular flexibility index (Phi) is 59.2. The van der Waals surface area contributed by atoms with Crippen molar-refractivity contribution >= 4 is 29.7 Å². The van der Waals surface area contributed by atoms with E-state index in [1.807, 2.05) is 6.08 Å². The molecule has 3 unspecified atom stereocenters. The van der Waals surface area contributed by atoms with Gasteiger partial charge in [0.2, 0.25) is 17.7 Å².